The summed E-state index contributed by atoms with van der Waals surface area (Å²) in [6.07, 6.45) is 3.79. The second-order valence-electron chi connectivity index (χ2n) is 7.49. The maximum Gasteiger partial charge on any atom is 0.272 e. The SMILES string of the molecule is CN=C(C(C=N)NC(=O)c1nc(-c2ccccc2F)ccc1N)N1CCCC(N)CC1. The van der Waals surface area contributed by atoms with Crippen LogP contribution in [0.15, 0.2) is 41.4 Å². The number of benzene rings is 1. The van der Waals surface area contributed by atoms with Crippen molar-refractivity contribution in [1.82, 2.24) is 15.2 Å². The van der Waals surface area contributed by atoms with Gasteiger partial charge in [0.25, 0.3) is 5.91 Å². The van der Waals surface area contributed by atoms with Gasteiger partial charge in [-0.2, -0.15) is 0 Å². The second kappa shape index (κ2) is 10.1. The van der Waals surface area contributed by atoms with Gasteiger partial charge in [0, 0.05) is 38.0 Å². The van der Waals surface area contributed by atoms with Gasteiger partial charge >= 0.3 is 0 Å². The van der Waals surface area contributed by atoms with Gasteiger partial charge in [0.15, 0.2) is 5.69 Å². The molecule has 164 valence electrons. The lowest BCUT2D eigenvalue weighted by atomic mass is 10.1. The van der Waals surface area contributed by atoms with E-state index in [-0.39, 0.29) is 23.0 Å². The molecule has 1 aliphatic heterocycles. The zero-order valence-corrected chi connectivity index (χ0v) is 17.5. The number of halogens is 1. The number of pyridine rings is 1. The minimum atomic E-state index is -0.745. The lowest BCUT2D eigenvalue weighted by Gasteiger charge is -2.28. The van der Waals surface area contributed by atoms with Gasteiger partial charge in [0.05, 0.1) is 11.4 Å². The molecule has 1 amide bonds. The fourth-order valence-corrected chi connectivity index (χ4v) is 3.69. The minimum absolute atomic E-state index is 0.0269. The number of aromatic nitrogens is 1. The van der Waals surface area contributed by atoms with Crippen molar-refractivity contribution in [3.05, 3.63) is 47.9 Å². The molecule has 1 aromatic carbocycles. The number of nitrogens with two attached hydrogens (primary N) is 2. The summed E-state index contributed by atoms with van der Waals surface area (Å²) in [4.78, 5) is 23.7. The number of hydrogen-bond donors (Lipinski definition) is 4. The minimum Gasteiger partial charge on any atom is -0.397 e. The van der Waals surface area contributed by atoms with Crippen molar-refractivity contribution in [3.63, 3.8) is 0 Å². The van der Waals surface area contributed by atoms with E-state index < -0.39 is 17.8 Å². The standard InChI is InChI=1S/C22H28FN7O/c1-27-21(30-11-4-5-14(25)10-12-30)19(13-24)29-22(31)20-17(26)8-9-18(28-20)15-6-2-3-7-16(15)23/h2-3,6-9,13-14,19,24H,4-5,10-12,25-26H2,1H3,(H,29,31). The third-order valence-electron chi connectivity index (χ3n) is 5.35. The topological polar surface area (TPSA) is 133 Å². The molecule has 0 saturated carbocycles. The summed E-state index contributed by atoms with van der Waals surface area (Å²) in [6.45, 7) is 1.46. The number of likely N-dealkylation sites (tertiary alicyclic amines) is 1. The first-order valence-corrected chi connectivity index (χ1v) is 10.2. The predicted octanol–water partition coefficient (Wildman–Crippen LogP) is 2.06. The molecule has 2 heterocycles. The molecule has 0 bridgehead atoms. The summed E-state index contributed by atoms with van der Waals surface area (Å²) >= 11 is 0. The van der Waals surface area contributed by atoms with Crippen LogP contribution < -0.4 is 16.8 Å². The molecule has 2 aromatic rings. The Labute approximate surface area is 181 Å². The Balaban J connectivity index is 1.82. The number of amidine groups is 1. The third kappa shape index (κ3) is 5.24. The number of hydrogen-bond acceptors (Lipinski definition) is 6. The zero-order valence-electron chi connectivity index (χ0n) is 17.5. The summed E-state index contributed by atoms with van der Waals surface area (Å²) < 4.78 is 14.2. The average Bonchev–Trinajstić information content (AvgIpc) is 2.98. The summed E-state index contributed by atoms with van der Waals surface area (Å²) in [5, 5.41) is 10.6. The molecule has 8 nitrogen and oxygen atoms in total. The Bertz CT molecular complexity index is 978. The van der Waals surface area contributed by atoms with Crippen molar-refractivity contribution in [2.75, 3.05) is 25.9 Å². The molecular weight excluding hydrogens is 397 g/mol. The van der Waals surface area contributed by atoms with Crippen LogP contribution in [0.1, 0.15) is 29.8 Å². The van der Waals surface area contributed by atoms with Gasteiger partial charge in [-0.1, -0.05) is 12.1 Å². The van der Waals surface area contributed by atoms with E-state index in [0.29, 0.717) is 18.1 Å². The molecule has 0 spiro atoms. The van der Waals surface area contributed by atoms with Gasteiger partial charge in [-0.25, -0.2) is 9.37 Å². The van der Waals surface area contributed by atoms with Crippen molar-refractivity contribution in [2.24, 2.45) is 10.7 Å². The highest BCUT2D eigenvalue weighted by Gasteiger charge is 2.25. The molecule has 1 fully saturated rings. The smallest absolute Gasteiger partial charge is 0.272 e. The maximum atomic E-state index is 14.2. The van der Waals surface area contributed by atoms with Crippen LogP contribution in [0.3, 0.4) is 0 Å². The number of carbonyl (C=O) groups excluding carboxylic acids is 1. The number of carbonyl (C=O) groups is 1. The number of anilines is 1. The lowest BCUT2D eigenvalue weighted by Crippen LogP contribution is -2.50. The van der Waals surface area contributed by atoms with Gasteiger partial charge in [-0.15, -0.1) is 0 Å². The highest BCUT2D eigenvalue weighted by atomic mass is 19.1. The number of amides is 1. The van der Waals surface area contributed by atoms with Crippen LogP contribution in [0.5, 0.6) is 0 Å². The summed E-state index contributed by atoms with van der Waals surface area (Å²) in [7, 11) is 1.63. The maximum absolute atomic E-state index is 14.2. The largest absolute Gasteiger partial charge is 0.397 e. The van der Waals surface area contributed by atoms with Crippen LogP contribution in [0.25, 0.3) is 11.3 Å². The Morgan fingerprint density at radius 2 is 2.10 bits per heavy atom. The number of rotatable bonds is 5. The van der Waals surface area contributed by atoms with Crippen molar-refractivity contribution in [1.29, 1.82) is 5.41 Å². The van der Waals surface area contributed by atoms with E-state index >= 15 is 0 Å². The molecule has 1 aliphatic rings. The Morgan fingerprint density at radius 3 is 2.81 bits per heavy atom. The van der Waals surface area contributed by atoms with E-state index in [0.717, 1.165) is 32.0 Å². The fourth-order valence-electron chi connectivity index (χ4n) is 3.69. The molecular formula is C22H28FN7O. The third-order valence-corrected chi connectivity index (χ3v) is 5.35. The quantitative estimate of drug-likeness (QED) is 0.430. The van der Waals surface area contributed by atoms with Crippen LogP contribution in [-0.4, -0.2) is 60.1 Å². The van der Waals surface area contributed by atoms with Crippen LogP contribution in [0, 0.1) is 11.2 Å². The average molecular weight is 426 g/mol. The fraction of sp³-hybridized carbons (Fsp3) is 0.364. The monoisotopic (exact) mass is 425 g/mol. The summed E-state index contributed by atoms with van der Waals surface area (Å²) in [6, 6.07) is 8.67. The van der Waals surface area contributed by atoms with Crippen LogP contribution in [0.2, 0.25) is 0 Å². The second-order valence-corrected chi connectivity index (χ2v) is 7.49. The van der Waals surface area contributed by atoms with E-state index in [1.807, 2.05) is 0 Å². The van der Waals surface area contributed by atoms with Gasteiger partial charge in [-0.3, -0.25) is 9.79 Å². The van der Waals surface area contributed by atoms with E-state index in [2.05, 4.69) is 20.2 Å². The highest BCUT2D eigenvalue weighted by molar-refractivity contribution is 6.07. The Kier molecular flexibility index (Phi) is 7.30. The van der Waals surface area contributed by atoms with Gasteiger partial charge in [0.2, 0.25) is 0 Å². The molecule has 0 radical (unpaired) electrons. The van der Waals surface area contributed by atoms with E-state index in [4.69, 9.17) is 16.9 Å². The molecule has 31 heavy (non-hydrogen) atoms. The molecule has 3 rings (SSSR count). The molecule has 2 atom stereocenters. The zero-order chi connectivity index (χ0) is 22.4. The molecule has 0 aliphatic carbocycles. The first kappa shape index (κ1) is 22.4. The van der Waals surface area contributed by atoms with Crippen molar-refractivity contribution in [3.8, 4) is 11.3 Å². The number of nitrogens with zero attached hydrogens (tertiary/aromatic N) is 3. The highest BCUT2D eigenvalue weighted by Crippen LogP contribution is 2.23. The van der Waals surface area contributed by atoms with E-state index in [1.54, 1.807) is 31.3 Å². The summed E-state index contributed by atoms with van der Waals surface area (Å²) in [5.74, 6) is -0.415. The van der Waals surface area contributed by atoms with Crippen LogP contribution in [-0.2, 0) is 0 Å². The van der Waals surface area contributed by atoms with Gasteiger partial charge in [-0.05, 0) is 43.5 Å². The van der Waals surface area contributed by atoms with Gasteiger partial charge < -0.3 is 27.1 Å². The van der Waals surface area contributed by atoms with Crippen LogP contribution in [0.4, 0.5) is 10.1 Å². The number of nitrogen functional groups attached to an aromatic ring is 1. The van der Waals surface area contributed by atoms with Crippen LogP contribution >= 0.6 is 0 Å². The first-order valence-electron chi connectivity index (χ1n) is 10.2. The normalized spacial score (nSPS) is 18.2. The number of nitrogens with one attached hydrogen (secondary N) is 2. The predicted molar refractivity (Wildman–Crippen MR) is 121 cm³/mol. The van der Waals surface area contributed by atoms with E-state index in [9.17, 15) is 9.18 Å². The van der Waals surface area contributed by atoms with E-state index in [1.165, 1.54) is 12.1 Å². The van der Waals surface area contributed by atoms with Gasteiger partial charge in [0.1, 0.15) is 17.7 Å². The molecule has 1 aromatic heterocycles. The lowest BCUT2D eigenvalue weighted by molar-refractivity contribution is 0.0949. The molecule has 1 saturated heterocycles. The Morgan fingerprint density at radius 1 is 1.32 bits per heavy atom. The van der Waals surface area contributed by atoms with Crippen molar-refractivity contribution < 1.29 is 9.18 Å². The molecule has 2 unspecified atom stereocenters. The Hall–Kier alpha value is -3.33. The van der Waals surface area contributed by atoms with Crippen molar-refractivity contribution >= 4 is 23.6 Å². The molecule has 9 heteroatoms. The van der Waals surface area contributed by atoms with Crippen molar-refractivity contribution in [2.45, 2.75) is 31.3 Å². The number of aliphatic imine (C=N–C) groups is 1. The first-order chi connectivity index (χ1) is 14.9. The molecule has 6 N–H and O–H groups in total. The summed E-state index contributed by atoms with van der Waals surface area (Å²) in [5.41, 5.74) is 12.8.